The van der Waals surface area contributed by atoms with E-state index in [1.807, 2.05) is 0 Å². The number of sulfonamides is 1. The van der Waals surface area contributed by atoms with Crippen molar-refractivity contribution in [3.05, 3.63) is 111 Å². The van der Waals surface area contributed by atoms with Crippen LogP contribution in [0.4, 0.5) is 10.7 Å². The summed E-state index contributed by atoms with van der Waals surface area (Å²) >= 11 is 0. The first-order valence-electron chi connectivity index (χ1n) is 33.5. The van der Waals surface area contributed by atoms with Crippen molar-refractivity contribution in [2.45, 2.75) is 76.9 Å². The third-order valence-electron chi connectivity index (χ3n) is 15.9. The van der Waals surface area contributed by atoms with E-state index in [1.54, 1.807) is 61.8 Å². The number of carbonyl (C=O) groups excluding carboxylic acids is 4. The molecule has 3 aromatic carbocycles. The van der Waals surface area contributed by atoms with Gasteiger partial charge in [0.05, 0.1) is 69.6 Å². The normalized spacial score (nSPS) is 14.3. The number of carbonyl (C=O) groups is 8. The van der Waals surface area contributed by atoms with Gasteiger partial charge in [-0.25, -0.2) is 18.0 Å². The summed E-state index contributed by atoms with van der Waals surface area (Å²) in [6, 6.07) is 10.6. The topological polar surface area (TPSA) is 491 Å². The number of H-pyrrole nitrogens is 1. The maximum absolute atomic E-state index is 13.8. The Labute approximate surface area is 607 Å². The molecule has 5 aromatic rings. The number of ether oxygens (including phenoxy) is 4. The first-order valence-corrected chi connectivity index (χ1v) is 36.1. The number of hydrogen-bond acceptors (Lipinski definition) is 23. The number of nitrogens with one attached hydrogen (secondary N) is 7. The summed E-state index contributed by atoms with van der Waals surface area (Å²) in [6.07, 6.45) is 5.92. The van der Waals surface area contributed by atoms with Crippen molar-refractivity contribution in [3.8, 4) is 11.5 Å². The van der Waals surface area contributed by atoms with Crippen LogP contribution >= 0.6 is 7.82 Å². The number of rotatable bonds is 43. The minimum Gasteiger partial charge on any atom is -0.494 e. The maximum atomic E-state index is 13.8. The van der Waals surface area contributed by atoms with E-state index in [2.05, 4.69) is 47.2 Å². The number of imidazole rings is 1. The standard InChI is InChI=1S/C65H92N13O23PS.CH4.FH/c1-44-33-49(34-45(2)61(44)103(95,96)73-53(64(90)91)38-70-62(88)51-39-74(3)54-36-47(10-13-50(54)60(51)87)37-71-65-68-16-17-69-65)100-28-4-7-55(79)66-14-5-26-97-29-31-99-32-30-98-27-6-15-67-63(89)52(35-46-8-11-48(12-9-46)101-102(92,93)94)72-56(80)40-75-18-20-76(41-57(81)82)22-24-78(43-59(85)86)25-23-77(21-19-75)42-58(83)84;;/h8-13,16-17,33-34,36,39,52-53,73H,4-7,14-15,18-32,35,37-38,40-43H2,1-3H3,(H,66,79)(H,67,89)(H,70,88)(H,72,80)(H,81,82)(H,83,84)(H,85,86)(H,90,91)(H2,68,69,71)(H2,92,93,94);1H4;1H/t52-,53?;;/m1../s1/i/hT. The minimum absolute atomic E-state index is 0. The molecule has 1 fully saturated rings. The van der Waals surface area contributed by atoms with Crippen LogP contribution in [0.2, 0.25) is 0 Å². The number of halogens is 1. The maximum Gasteiger partial charge on any atom is 0.524 e. The van der Waals surface area contributed by atoms with E-state index in [4.69, 9.17) is 23.7 Å². The van der Waals surface area contributed by atoms with E-state index in [9.17, 15) is 86.3 Å². The Morgan fingerprint density at radius 1 is 0.667 bits per heavy atom. The molecule has 1 aliphatic rings. The molecule has 1 aliphatic heterocycles. The Kier molecular flexibility index (Phi) is 36.9. The molecule has 2 aromatic heterocycles. The van der Waals surface area contributed by atoms with Gasteiger partial charge in [-0.05, 0) is 91.8 Å². The lowest BCUT2D eigenvalue weighted by Crippen LogP contribution is -2.53. The van der Waals surface area contributed by atoms with Gasteiger partial charge in [0.15, 0.2) is 5.95 Å². The Bertz CT molecular complexity index is 3840. The molecule has 0 radical (unpaired) electrons. The zero-order chi connectivity index (χ0) is 77.1. The SMILES string of the molecule is C.Cc1cc(OCCCC(=O)NCCCOCCOCCOCCCNC(=O)[C@@H](Cc2ccc(OP(=O)(O)O)cc2)NC(=O)CN2CCN(CC(=O)O)CCN(CC(=O)O)CCN(CC(=O)O)CC2)cc(C)c1S(=O)(=O)NC(CNC(=O)c1cn(C)c2cc(CNc3ncc[nH]3)ccc2c1=O)C(=O)O.[3H]F. The number of benzene rings is 3. The number of phosphoric ester groups is 1. The van der Waals surface area contributed by atoms with Crippen LogP contribution < -0.4 is 46.0 Å². The van der Waals surface area contributed by atoms with Crippen molar-refractivity contribution < 1.29 is 110 Å². The molecule has 1 saturated heterocycles. The third-order valence-corrected chi connectivity index (χ3v) is 18.2. The van der Waals surface area contributed by atoms with Gasteiger partial charge in [-0.15, -0.1) is 0 Å². The van der Waals surface area contributed by atoms with Crippen LogP contribution in [0.15, 0.2) is 82.9 Å². The van der Waals surface area contributed by atoms with Crippen LogP contribution in [-0.2, 0) is 82.4 Å². The number of fused-ring (bicyclic) bond motifs is 1. The Morgan fingerprint density at radius 3 is 1.70 bits per heavy atom. The molecule has 0 bridgehead atoms. The highest BCUT2D eigenvalue weighted by Gasteiger charge is 2.31. The molecule has 36 nitrogen and oxygen atoms in total. The summed E-state index contributed by atoms with van der Waals surface area (Å²) < 4.78 is 82.8. The average molecular weight is 1520 g/mol. The van der Waals surface area contributed by atoms with Gasteiger partial charge in [-0.2, -0.15) is 4.72 Å². The highest BCUT2D eigenvalue weighted by Crippen LogP contribution is 2.37. The van der Waals surface area contributed by atoms with E-state index in [0.29, 0.717) is 61.7 Å². The van der Waals surface area contributed by atoms with Crippen molar-refractivity contribution >= 4 is 82.2 Å². The fourth-order valence-corrected chi connectivity index (χ4v) is 13.0. The number of aromatic nitrogens is 3. The summed E-state index contributed by atoms with van der Waals surface area (Å²) in [5, 5.41) is 52.8. The van der Waals surface area contributed by atoms with E-state index >= 15 is 0 Å². The smallest absolute Gasteiger partial charge is 0.494 e. The monoisotopic (exact) mass is 1520 g/mol. The zero-order valence-corrected chi connectivity index (χ0v) is 59.6. The lowest BCUT2D eigenvalue weighted by Gasteiger charge is -2.33. The summed E-state index contributed by atoms with van der Waals surface area (Å²) in [5.41, 5.74) is 1.50. The van der Waals surface area contributed by atoms with Crippen molar-refractivity contribution in [2.75, 3.05) is 150 Å². The van der Waals surface area contributed by atoms with Crippen molar-refractivity contribution in [3.63, 3.8) is 0 Å². The molecule has 582 valence electrons. The quantitative estimate of drug-likeness (QED) is 0.0185. The number of amides is 4. The molecule has 39 heteroatoms. The van der Waals surface area contributed by atoms with E-state index < -0.39 is 83.5 Å². The van der Waals surface area contributed by atoms with E-state index in [1.165, 1.54) is 56.4 Å². The van der Waals surface area contributed by atoms with Gasteiger partial charge in [0.2, 0.25) is 33.2 Å². The molecular weight excluding hydrogens is 1420 g/mol. The Hall–Kier alpha value is -9.05. The number of carboxylic acid groups (broad SMARTS) is 4. The second-order valence-corrected chi connectivity index (χ2v) is 27.0. The van der Waals surface area contributed by atoms with Gasteiger partial charge >= 0.3 is 31.7 Å². The molecule has 105 heavy (non-hydrogen) atoms. The molecule has 0 saturated carbocycles. The highest BCUT2D eigenvalue weighted by molar-refractivity contribution is 7.89. The number of nitrogens with zero attached hydrogens (tertiary/aromatic N) is 6. The van der Waals surface area contributed by atoms with Gasteiger partial charge in [-0.1, -0.05) is 25.6 Å². The summed E-state index contributed by atoms with van der Waals surface area (Å²) in [5.74, 6) is -6.39. The average Bonchev–Trinajstić information content (AvgIpc) is 0.883. The number of hydrogen-bond donors (Lipinski definition) is 13. The Morgan fingerprint density at radius 2 is 1.19 bits per heavy atom. The molecule has 1 unspecified atom stereocenters. The molecule has 3 heterocycles. The van der Waals surface area contributed by atoms with Crippen molar-refractivity contribution in [1.82, 2.24) is 60.1 Å². The minimum atomic E-state index is -4.86. The largest absolute Gasteiger partial charge is 0.524 e. The third kappa shape index (κ3) is 32.1. The van der Waals surface area contributed by atoms with Gasteiger partial charge in [-0.3, -0.25) is 77.3 Å². The number of pyridine rings is 1. The lowest BCUT2D eigenvalue weighted by molar-refractivity contribution is -0.140. The predicted octanol–water partition coefficient (Wildman–Crippen LogP) is 0.336. The Balaban J connectivity index is 0.00000785. The zero-order valence-electron chi connectivity index (χ0n) is 58.9. The fourth-order valence-electron chi connectivity index (χ4n) is 10.9. The van der Waals surface area contributed by atoms with Crippen molar-refractivity contribution in [1.29, 1.82) is 1.45 Å². The lowest BCUT2D eigenvalue weighted by atomic mass is 10.0. The van der Waals surface area contributed by atoms with Crippen LogP contribution in [0.3, 0.4) is 0 Å². The molecule has 2 atom stereocenters. The number of anilines is 1. The van der Waals surface area contributed by atoms with Gasteiger partial charge in [0.1, 0.15) is 29.1 Å². The number of aliphatic carboxylic acids is 4. The number of phosphoric acid groups is 1. The van der Waals surface area contributed by atoms with Crippen LogP contribution in [0.25, 0.3) is 10.9 Å². The van der Waals surface area contributed by atoms with Crippen LogP contribution in [0.5, 0.6) is 11.5 Å². The first kappa shape index (κ1) is 86.6. The molecule has 0 aliphatic carbocycles. The van der Waals surface area contributed by atoms with Gasteiger partial charge in [0, 0.05) is 136 Å². The van der Waals surface area contributed by atoms with E-state index in [-0.39, 0.29) is 184 Å². The van der Waals surface area contributed by atoms with Crippen molar-refractivity contribution in [2.24, 2.45) is 7.05 Å². The highest BCUT2D eigenvalue weighted by atomic mass is 32.2. The molecular formula is C66H97FN13O23PS. The van der Waals surface area contributed by atoms with Crippen LogP contribution in [0.1, 0.15) is 65.7 Å². The summed E-state index contributed by atoms with van der Waals surface area (Å²) in [7, 11) is -7.70. The molecule has 13 N–H and O–H groups in total. The number of aromatic amines is 1. The summed E-state index contributed by atoms with van der Waals surface area (Å²) in [6.45, 7) is 5.01. The summed E-state index contributed by atoms with van der Waals surface area (Å²) in [4.78, 5) is 146. The number of carboxylic acids is 4. The second kappa shape index (κ2) is 44.7. The van der Waals surface area contributed by atoms with Crippen LogP contribution in [-0.4, -0.2) is 278 Å². The van der Waals surface area contributed by atoms with E-state index in [0.717, 1.165) is 5.56 Å². The predicted molar refractivity (Wildman–Crippen MR) is 380 cm³/mol. The second-order valence-electron chi connectivity index (χ2n) is 24.2. The molecule has 4 amide bonds. The first-order chi connectivity index (χ1) is 50.0. The molecule has 0 spiro atoms. The van der Waals surface area contributed by atoms with Crippen LogP contribution in [0, 0.1) is 13.8 Å². The fraction of sp³-hybridized carbons (Fsp3) is 0.515. The van der Waals surface area contributed by atoms with Gasteiger partial charge < -0.3 is 80.0 Å². The molecule has 6 rings (SSSR count). The van der Waals surface area contributed by atoms with Gasteiger partial charge in [0.25, 0.3) is 7.36 Å². The number of aryl methyl sites for hydroxylation is 3.